The Morgan fingerprint density at radius 1 is 1.24 bits per heavy atom. The molecular weight excluding hydrogens is 449 g/mol. The molecule has 8 nitrogen and oxygen atoms in total. The van der Waals surface area contributed by atoms with Crippen LogP contribution in [0.4, 0.5) is 4.39 Å². The first-order valence-corrected chi connectivity index (χ1v) is 11.3. The summed E-state index contributed by atoms with van der Waals surface area (Å²) in [4.78, 5) is 27.8. The van der Waals surface area contributed by atoms with Crippen molar-refractivity contribution < 1.29 is 14.3 Å². The molecule has 3 aromatic rings. The van der Waals surface area contributed by atoms with Crippen LogP contribution in [-0.4, -0.2) is 49.6 Å². The number of aromatic nitrogens is 3. The Morgan fingerprint density at radius 2 is 2.06 bits per heavy atom. The number of benzene rings is 1. The van der Waals surface area contributed by atoms with Gasteiger partial charge in [0.05, 0.1) is 23.3 Å². The van der Waals surface area contributed by atoms with Gasteiger partial charge in [-0.1, -0.05) is 23.7 Å². The molecule has 1 fully saturated rings. The van der Waals surface area contributed by atoms with Gasteiger partial charge in [0.2, 0.25) is 5.43 Å². The number of rotatable bonds is 4. The number of carbonyl (C=O) groups is 1. The Kier molecular flexibility index (Phi) is 5.36. The lowest BCUT2D eigenvalue weighted by molar-refractivity contribution is 0.0536. The van der Waals surface area contributed by atoms with Crippen molar-refractivity contribution in [2.45, 2.75) is 38.9 Å². The zero-order chi connectivity index (χ0) is 23.3. The highest BCUT2D eigenvalue weighted by Gasteiger charge is 2.40. The van der Waals surface area contributed by atoms with Crippen LogP contribution in [0.1, 0.15) is 42.2 Å². The van der Waals surface area contributed by atoms with E-state index >= 15 is 0 Å². The summed E-state index contributed by atoms with van der Waals surface area (Å²) in [6.07, 6.45) is 7.36. The predicted octanol–water partition coefficient (Wildman–Crippen LogP) is 3.18. The second-order valence-corrected chi connectivity index (χ2v) is 8.69. The van der Waals surface area contributed by atoms with Gasteiger partial charge < -0.3 is 10.0 Å². The molecule has 0 unspecified atom stereocenters. The van der Waals surface area contributed by atoms with Gasteiger partial charge in [0.25, 0.3) is 5.91 Å². The number of carbonyl (C=O) groups excluding carboxylic acids is 1. The minimum atomic E-state index is -0.644. The molecule has 33 heavy (non-hydrogen) atoms. The summed E-state index contributed by atoms with van der Waals surface area (Å²) in [5.74, 6) is -1.44. The third kappa shape index (κ3) is 3.47. The number of halogens is 2. The Labute approximate surface area is 194 Å². The molecule has 2 aliphatic rings. The Morgan fingerprint density at radius 3 is 2.85 bits per heavy atom. The van der Waals surface area contributed by atoms with Crippen molar-refractivity contribution in [3.63, 3.8) is 0 Å². The van der Waals surface area contributed by atoms with E-state index in [9.17, 15) is 19.1 Å². The van der Waals surface area contributed by atoms with Gasteiger partial charge in [0, 0.05) is 36.6 Å². The van der Waals surface area contributed by atoms with Crippen LogP contribution >= 0.6 is 11.6 Å². The zero-order valence-electron chi connectivity index (χ0n) is 18.0. The fourth-order valence-corrected chi connectivity index (χ4v) is 4.92. The summed E-state index contributed by atoms with van der Waals surface area (Å²) in [6, 6.07) is 4.75. The molecule has 5 rings (SSSR count). The van der Waals surface area contributed by atoms with Gasteiger partial charge in [-0.3, -0.25) is 24.0 Å². The second-order valence-electron chi connectivity index (χ2n) is 8.28. The van der Waals surface area contributed by atoms with Gasteiger partial charge in [-0.2, -0.15) is 5.10 Å². The van der Waals surface area contributed by atoms with Crippen LogP contribution in [0.2, 0.25) is 5.02 Å². The SMILES string of the molecule is CCN1C(=O)c2c(O)c(=O)c(-c3cnn(Cc4cccc(Cl)c4F)c3)cn2N2CCCC[C@@H]12. The van der Waals surface area contributed by atoms with Gasteiger partial charge >= 0.3 is 0 Å². The quantitative estimate of drug-likeness (QED) is 0.632. The number of fused-ring (bicyclic) bond motifs is 3. The molecule has 0 spiro atoms. The maximum Gasteiger partial charge on any atom is 0.278 e. The highest BCUT2D eigenvalue weighted by Crippen LogP contribution is 2.31. The molecule has 10 heteroatoms. The first-order valence-electron chi connectivity index (χ1n) is 10.9. The fraction of sp³-hybridized carbons (Fsp3) is 0.348. The summed E-state index contributed by atoms with van der Waals surface area (Å²) >= 11 is 5.86. The molecule has 0 bridgehead atoms. The maximum absolute atomic E-state index is 14.3. The van der Waals surface area contributed by atoms with Crippen molar-refractivity contribution in [1.82, 2.24) is 19.4 Å². The molecular formula is C23H23ClFN5O3. The van der Waals surface area contributed by atoms with E-state index in [2.05, 4.69) is 5.10 Å². The molecule has 1 N–H and O–H groups in total. The molecule has 2 aliphatic heterocycles. The van der Waals surface area contributed by atoms with Crippen LogP contribution in [0.5, 0.6) is 5.75 Å². The molecule has 1 amide bonds. The van der Waals surface area contributed by atoms with Crippen LogP contribution in [-0.2, 0) is 6.54 Å². The average molecular weight is 472 g/mol. The molecule has 1 atom stereocenters. The maximum atomic E-state index is 14.3. The van der Waals surface area contributed by atoms with E-state index < -0.39 is 17.0 Å². The van der Waals surface area contributed by atoms with E-state index in [1.165, 1.54) is 16.9 Å². The normalized spacial score (nSPS) is 17.8. The number of nitrogens with zero attached hydrogens (tertiary/aromatic N) is 5. The molecule has 2 aromatic heterocycles. The van der Waals surface area contributed by atoms with E-state index in [0.717, 1.165) is 19.3 Å². The molecule has 1 aromatic carbocycles. The lowest BCUT2D eigenvalue weighted by Crippen LogP contribution is -2.62. The van der Waals surface area contributed by atoms with Crippen LogP contribution < -0.4 is 10.4 Å². The van der Waals surface area contributed by atoms with Crippen LogP contribution in [0.25, 0.3) is 11.1 Å². The van der Waals surface area contributed by atoms with E-state index in [1.54, 1.807) is 34.1 Å². The lowest BCUT2D eigenvalue weighted by Gasteiger charge is -2.48. The van der Waals surface area contributed by atoms with Gasteiger partial charge in [0.1, 0.15) is 12.0 Å². The summed E-state index contributed by atoms with van der Waals surface area (Å²) in [6.45, 7) is 3.21. The van der Waals surface area contributed by atoms with Crippen LogP contribution in [0.15, 0.2) is 41.6 Å². The molecule has 4 heterocycles. The molecule has 172 valence electrons. The Balaban J connectivity index is 1.56. The van der Waals surface area contributed by atoms with Crippen molar-refractivity contribution in [3.8, 4) is 16.9 Å². The van der Waals surface area contributed by atoms with Gasteiger partial charge in [0.15, 0.2) is 11.4 Å². The number of piperidine rings is 1. The number of hydrogen-bond acceptors (Lipinski definition) is 5. The minimum absolute atomic E-state index is 0.0165. The number of hydrogen-bond donors (Lipinski definition) is 1. The van der Waals surface area contributed by atoms with E-state index in [4.69, 9.17) is 11.6 Å². The van der Waals surface area contributed by atoms with Crippen molar-refractivity contribution in [1.29, 1.82) is 0 Å². The summed E-state index contributed by atoms with van der Waals surface area (Å²) in [5, 5.41) is 17.1. The first kappa shape index (κ1) is 21.5. The van der Waals surface area contributed by atoms with Gasteiger partial charge in [-0.25, -0.2) is 4.39 Å². The van der Waals surface area contributed by atoms with Crippen molar-refractivity contribution in [2.75, 3.05) is 18.1 Å². The summed E-state index contributed by atoms with van der Waals surface area (Å²) in [7, 11) is 0. The van der Waals surface area contributed by atoms with E-state index in [0.29, 0.717) is 24.2 Å². The number of amides is 1. The van der Waals surface area contributed by atoms with Crippen molar-refractivity contribution in [3.05, 3.63) is 69.1 Å². The van der Waals surface area contributed by atoms with Crippen LogP contribution in [0.3, 0.4) is 0 Å². The van der Waals surface area contributed by atoms with E-state index in [1.807, 2.05) is 11.9 Å². The number of aromatic hydroxyl groups is 1. The predicted molar refractivity (Wildman–Crippen MR) is 122 cm³/mol. The lowest BCUT2D eigenvalue weighted by atomic mass is 10.0. The zero-order valence-corrected chi connectivity index (χ0v) is 18.8. The highest BCUT2D eigenvalue weighted by molar-refractivity contribution is 6.30. The monoisotopic (exact) mass is 471 g/mol. The third-order valence-corrected chi connectivity index (χ3v) is 6.65. The van der Waals surface area contributed by atoms with Gasteiger partial charge in [-0.15, -0.1) is 0 Å². The Bertz CT molecular complexity index is 1300. The second kappa shape index (κ2) is 8.22. The average Bonchev–Trinajstić information content (AvgIpc) is 3.27. The fourth-order valence-electron chi connectivity index (χ4n) is 4.72. The van der Waals surface area contributed by atoms with Crippen molar-refractivity contribution in [2.24, 2.45) is 0 Å². The van der Waals surface area contributed by atoms with Gasteiger partial charge in [-0.05, 0) is 32.3 Å². The molecule has 0 saturated carbocycles. The minimum Gasteiger partial charge on any atom is -0.502 e. The topological polar surface area (TPSA) is 83.6 Å². The standard InChI is InChI=1S/C23H23ClFN5O3/c1-2-28-18-8-3-4-9-29(18)30-13-16(21(31)22(32)20(30)23(28)33)15-10-26-27(12-15)11-14-6-5-7-17(24)19(14)25/h5-7,10,12-13,18,32H,2-4,8-9,11H2,1H3/t18-/m0/s1. The molecule has 0 aliphatic carbocycles. The Hall–Kier alpha value is -3.33. The van der Waals surface area contributed by atoms with Crippen LogP contribution in [0, 0.1) is 5.82 Å². The van der Waals surface area contributed by atoms with Crippen molar-refractivity contribution >= 4 is 17.5 Å². The molecule has 0 radical (unpaired) electrons. The highest BCUT2D eigenvalue weighted by atomic mass is 35.5. The first-order chi connectivity index (χ1) is 15.9. The van der Waals surface area contributed by atoms with E-state index in [-0.39, 0.29) is 34.9 Å². The largest absolute Gasteiger partial charge is 0.502 e. The molecule has 1 saturated heterocycles. The smallest absolute Gasteiger partial charge is 0.278 e. The number of pyridine rings is 1. The summed E-state index contributed by atoms with van der Waals surface area (Å²) < 4.78 is 17.4. The summed E-state index contributed by atoms with van der Waals surface area (Å²) in [5.41, 5.74) is 0.387. The third-order valence-electron chi connectivity index (χ3n) is 6.36.